The average Bonchev–Trinajstić information content (AvgIpc) is 2.21. The molecule has 0 radical (unpaired) electrons. The summed E-state index contributed by atoms with van der Waals surface area (Å²) in [5.74, 6) is 0.256. The summed E-state index contributed by atoms with van der Waals surface area (Å²) in [7, 11) is 0. The van der Waals surface area contributed by atoms with Crippen LogP contribution in [0.15, 0.2) is 28.7 Å². The van der Waals surface area contributed by atoms with E-state index in [0.29, 0.717) is 0 Å². The van der Waals surface area contributed by atoms with Gasteiger partial charge in [-0.3, -0.25) is 0 Å². The van der Waals surface area contributed by atoms with E-state index in [1.54, 1.807) is 0 Å². The smallest absolute Gasteiger partial charge is 0.124 e. The molecule has 0 heterocycles. The summed E-state index contributed by atoms with van der Waals surface area (Å²) < 4.78 is 1.04. The Kier molecular flexibility index (Phi) is 3.76. The van der Waals surface area contributed by atoms with Crippen LogP contribution in [0, 0.1) is 17.2 Å². The van der Waals surface area contributed by atoms with E-state index in [1.807, 2.05) is 45.0 Å². The van der Waals surface area contributed by atoms with E-state index < -0.39 is 5.54 Å². The maximum absolute atomic E-state index is 9.15. The largest absolute Gasteiger partial charge is 0.367 e. The molecule has 15 heavy (non-hydrogen) atoms. The Morgan fingerprint density at radius 2 is 1.87 bits per heavy atom. The molecule has 1 rings (SSSR count). The van der Waals surface area contributed by atoms with Crippen LogP contribution in [-0.4, -0.2) is 5.54 Å². The van der Waals surface area contributed by atoms with E-state index in [2.05, 4.69) is 27.3 Å². The first-order valence-corrected chi connectivity index (χ1v) is 5.72. The monoisotopic (exact) mass is 266 g/mol. The Morgan fingerprint density at radius 3 is 2.27 bits per heavy atom. The van der Waals surface area contributed by atoms with Crippen molar-refractivity contribution in [3.63, 3.8) is 0 Å². The number of nitriles is 1. The van der Waals surface area contributed by atoms with E-state index in [0.717, 1.165) is 10.2 Å². The highest BCUT2D eigenvalue weighted by Crippen LogP contribution is 2.23. The lowest BCUT2D eigenvalue weighted by Gasteiger charge is -2.28. The van der Waals surface area contributed by atoms with Gasteiger partial charge in [0, 0.05) is 10.2 Å². The normalized spacial score (nSPS) is 14.4. The molecule has 0 amide bonds. The van der Waals surface area contributed by atoms with Gasteiger partial charge in [-0.15, -0.1) is 0 Å². The van der Waals surface area contributed by atoms with Crippen molar-refractivity contribution in [3.05, 3.63) is 28.7 Å². The minimum Gasteiger partial charge on any atom is -0.367 e. The fourth-order valence-electron chi connectivity index (χ4n) is 1.13. The van der Waals surface area contributed by atoms with Crippen LogP contribution in [0.3, 0.4) is 0 Å². The quantitative estimate of drug-likeness (QED) is 0.904. The van der Waals surface area contributed by atoms with Crippen molar-refractivity contribution < 1.29 is 0 Å². The van der Waals surface area contributed by atoms with Crippen LogP contribution in [-0.2, 0) is 0 Å². The van der Waals surface area contributed by atoms with Crippen molar-refractivity contribution in [2.24, 2.45) is 5.92 Å². The van der Waals surface area contributed by atoms with Crippen molar-refractivity contribution in [1.29, 1.82) is 5.26 Å². The van der Waals surface area contributed by atoms with Crippen LogP contribution in [0.1, 0.15) is 20.8 Å². The molecule has 0 aromatic heterocycles. The molecule has 1 unspecified atom stereocenters. The second kappa shape index (κ2) is 4.67. The zero-order valence-electron chi connectivity index (χ0n) is 9.21. The summed E-state index contributed by atoms with van der Waals surface area (Å²) in [6.07, 6.45) is 0. The predicted molar refractivity (Wildman–Crippen MR) is 66.6 cm³/mol. The summed E-state index contributed by atoms with van der Waals surface area (Å²) in [5, 5.41) is 12.4. The van der Waals surface area contributed by atoms with Crippen LogP contribution >= 0.6 is 15.9 Å². The second-order valence-corrected chi connectivity index (χ2v) is 5.02. The third-order valence-electron chi connectivity index (χ3n) is 2.64. The molecule has 1 aromatic carbocycles. The molecule has 80 valence electrons. The van der Waals surface area contributed by atoms with Crippen molar-refractivity contribution in [2.45, 2.75) is 26.3 Å². The van der Waals surface area contributed by atoms with Gasteiger partial charge in [-0.05, 0) is 37.1 Å². The van der Waals surface area contributed by atoms with Crippen molar-refractivity contribution in [2.75, 3.05) is 5.32 Å². The second-order valence-electron chi connectivity index (χ2n) is 4.10. The van der Waals surface area contributed by atoms with Gasteiger partial charge in [0.2, 0.25) is 0 Å². The van der Waals surface area contributed by atoms with E-state index in [-0.39, 0.29) is 5.92 Å². The predicted octanol–water partition coefficient (Wildman–Crippen LogP) is 3.80. The molecule has 1 N–H and O–H groups in total. The van der Waals surface area contributed by atoms with Crippen molar-refractivity contribution in [3.8, 4) is 6.07 Å². The van der Waals surface area contributed by atoms with E-state index in [1.165, 1.54) is 0 Å². The first-order chi connectivity index (χ1) is 6.98. The van der Waals surface area contributed by atoms with Gasteiger partial charge in [0.1, 0.15) is 5.54 Å². The highest BCUT2D eigenvalue weighted by molar-refractivity contribution is 9.10. The number of nitrogens with one attached hydrogen (secondary N) is 1. The Hall–Kier alpha value is -1.01. The topological polar surface area (TPSA) is 35.8 Å². The molecule has 0 fully saturated rings. The first kappa shape index (κ1) is 12.1. The molecule has 0 saturated carbocycles. The Balaban J connectivity index is 2.85. The lowest BCUT2D eigenvalue weighted by Crippen LogP contribution is -2.38. The van der Waals surface area contributed by atoms with Crippen LogP contribution in [0.5, 0.6) is 0 Å². The number of benzene rings is 1. The molecule has 1 aromatic rings. The summed E-state index contributed by atoms with van der Waals surface area (Å²) in [6, 6.07) is 10.2. The van der Waals surface area contributed by atoms with Gasteiger partial charge >= 0.3 is 0 Å². The van der Waals surface area contributed by atoms with Crippen LogP contribution < -0.4 is 5.32 Å². The summed E-state index contributed by atoms with van der Waals surface area (Å²) >= 11 is 3.38. The average molecular weight is 267 g/mol. The minimum absolute atomic E-state index is 0.256. The van der Waals surface area contributed by atoms with Gasteiger partial charge in [-0.2, -0.15) is 5.26 Å². The third-order valence-corrected chi connectivity index (χ3v) is 3.16. The summed E-state index contributed by atoms with van der Waals surface area (Å²) in [4.78, 5) is 0. The number of rotatable bonds is 3. The molecule has 0 saturated heterocycles. The molecule has 0 bridgehead atoms. The number of nitrogens with zero attached hydrogens (tertiary/aromatic N) is 1. The molecule has 0 aliphatic rings. The van der Waals surface area contributed by atoms with E-state index >= 15 is 0 Å². The SMILES string of the molecule is CC(C)C(C)(C#N)Nc1ccc(Br)cc1. The van der Waals surface area contributed by atoms with Gasteiger partial charge < -0.3 is 5.32 Å². The third kappa shape index (κ3) is 2.97. The standard InChI is InChI=1S/C12H15BrN2/c1-9(2)12(3,8-14)15-11-6-4-10(13)5-7-11/h4-7,9,15H,1-3H3. The zero-order valence-corrected chi connectivity index (χ0v) is 10.8. The number of hydrogen-bond donors (Lipinski definition) is 1. The lowest BCUT2D eigenvalue weighted by molar-refractivity contribution is 0.464. The molecular formula is C12H15BrN2. The number of halogens is 1. The van der Waals surface area contributed by atoms with Gasteiger partial charge in [0.15, 0.2) is 0 Å². The van der Waals surface area contributed by atoms with E-state index in [9.17, 15) is 0 Å². The first-order valence-electron chi connectivity index (χ1n) is 4.93. The maximum atomic E-state index is 9.15. The lowest BCUT2D eigenvalue weighted by atomic mass is 9.90. The fraction of sp³-hybridized carbons (Fsp3) is 0.417. The van der Waals surface area contributed by atoms with Gasteiger partial charge in [-0.1, -0.05) is 29.8 Å². The summed E-state index contributed by atoms with van der Waals surface area (Å²) in [5.41, 5.74) is 0.448. The number of hydrogen-bond acceptors (Lipinski definition) is 2. The van der Waals surface area contributed by atoms with Crippen LogP contribution in [0.4, 0.5) is 5.69 Å². The highest BCUT2D eigenvalue weighted by Gasteiger charge is 2.27. The molecule has 0 aliphatic carbocycles. The maximum Gasteiger partial charge on any atom is 0.124 e. The van der Waals surface area contributed by atoms with E-state index in [4.69, 9.17) is 5.26 Å². The molecule has 2 nitrogen and oxygen atoms in total. The van der Waals surface area contributed by atoms with Gasteiger partial charge in [0.25, 0.3) is 0 Å². The van der Waals surface area contributed by atoms with Crippen molar-refractivity contribution in [1.82, 2.24) is 0 Å². The number of anilines is 1. The molecule has 1 atom stereocenters. The molecule has 0 aliphatic heterocycles. The highest BCUT2D eigenvalue weighted by atomic mass is 79.9. The zero-order chi connectivity index (χ0) is 11.5. The molecule has 3 heteroatoms. The fourth-order valence-corrected chi connectivity index (χ4v) is 1.40. The summed E-state index contributed by atoms with van der Waals surface area (Å²) in [6.45, 7) is 5.99. The minimum atomic E-state index is -0.520. The Labute approximate surface area is 99.4 Å². The Bertz CT molecular complexity index is 364. The van der Waals surface area contributed by atoms with Gasteiger partial charge in [-0.25, -0.2) is 0 Å². The van der Waals surface area contributed by atoms with Crippen LogP contribution in [0.25, 0.3) is 0 Å². The molecule has 0 spiro atoms. The van der Waals surface area contributed by atoms with Gasteiger partial charge in [0.05, 0.1) is 6.07 Å². The molecular weight excluding hydrogens is 252 g/mol. The van der Waals surface area contributed by atoms with Crippen molar-refractivity contribution >= 4 is 21.6 Å². The van der Waals surface area contributed by atoms with Crippen LogP contribution in [0.2, 0.25) is 0 Å². The Morgan fingerprint density at radius 1 is 1.33 bits per heavy atom.